The van der Waals surface area contributed by atoms with Crippen molar-refractivity contribution >= 4 is 17.5 Å². The number of rotatable bonds is 5. The van der Waals surface area contributed by atoms with Crippen molar-refractivity contribution in [3.05, 3.63) is 30.6 Å². The van der Waals surface area contributed by atoms with Crippen LogP contribution in [-0.2, 0) is 12.3 Å². The quantitative estimate of drug-likeness (QED) is 0.665. The molecule has 0 unspecified atom stereocenters. The van der Waals surface area contributed by atoms with E-state index in [1.54, 1.807) is 17.0 Å². The van der Waals surface area contributed by atoms with Gasteiger partial charge in [0, 0.05) is 18.9 Å². The molecule has 0 saturated carbocycles. The highest BCUT2D eigenvalue weighted by Crippen LogP contribution is 2.18. The van der Waals surface area contributed by atoms with E-state index in [4.69, 9.17) is 0 Å². The third kappa shape index (κ3) is 2.79. The molecule has 0 saturated heterocycles. The Morgan fingerprint density at radius 1 is 1.30 bits per heavy atom. The Morgan fingerprint density at radius 3 is 3.00 bits per heavy atom. The maximum Gasteiger partial charge on any atom is 0.253 e. The lowest BCUT2D eigenvalue weighted by molar-refractivity contribution is 0.471. The molecule has 104 valence electrons. The van der Waals surface area contributed by atoms with E-state index in [0.717, 1.165) is 12.4 Å². The van der Waals surface area contributed by atoms with Gasteiger partial charge in [-0.25, -0.2) is 19.2 Å². The monoisotopic (exact) mass is 289 g/mol. The van der Waals surface area contributed by atoms with Crippen molar-refractivity contribution in [2.24, 2.45) is 5.92 Å². The van der Waals surface area contributed by atoms with Gasteiger partial charge in [-0.05, 0) is 12.0 Å². The van der Waals surface area contributed by atoms with Gasteiger partial charge >= 0.3 is 0 Å². The van der Waals surface area contributed by atoms with Crippen LogP contribution in [-0.4, -0.2) is 34.3 Å². The van der Waals surface area contributed by atoms with E-state index in [-0.39, 0.29) is 0 Å². The molecule has 20 heavy (non-hydrogen) atoms. The highest BCUT2D eigenvalue weighted by molar-refractivity contribution is 7.98. The fraction of sp³-hybridized carbons (Fsp3) is 0.417. The standard InChI is InChI=1S/C12H15N7S/c1-9(2)6-19-10(14-8-15-19)7-20-12-16-11-13-4-3-5-18(11)17-12/h3-5,8-9H,6-7H2,1-2H3. The molecule has 0 N–H and O–H groups in total. The minimum Gasteiger partial charge on any atom is -0.249 e. The minimum absolute atomic E-state index is 0.540. The van der Waals surface area contributed by atoms with E-state index in [0.29, 0.717) is 22.6 Å². The van der Waals surface area contributed by atoms with Crippen LogP contribution in [0.4, 0.5) is 0 Å². The summed E-state index contributed by atoms with van der Waals surface area (Å²) in [4.78, 5) is 12.8. The highest BCUT2D eigenvalue weighted by Gasteiger charge is 2.10. The highest BCUT2D eigenvalue weighted by atomic mass is 32.2. The van der Waals surface area contributed by atoms with Crippen molar-refractivity contribution in [3.63, 3.8) is 0 Å². The summed E-state index contributed by atoms with van der Waals surface area (Å²) in [5.74, 6) is 2.79. The smallest absolute Gasteiger partial charge is 0.249 e. The van der Waals surface area contributed by atoms with Gasteiger partial charge in [-0.2, -0.15) is 10.1 Å². The van der Waals surface area contributed by atoms with Crippen LogP contribution in [0.3, 0.4) is 0 Å². The van der Waals surface area contributed by atoms with E-state index in [1.165, 1.54) is 11.8 Å². The summed E-state index contributed by atoms with van der Waals surface area (Å²) < 4.78 is 3.60. The van der Waals surface area contributed by atoms with Crippen molar-refractivity contribution in [1.29, 1.82) is 0 Å². The van der Waals surface area contributed by atoms with Crippen molar-refractivity contribution < 1.29 is 0 Å². The van der Waals surface area contributed by atoms with Gasteiger partial charge in [0.05, 0.1) is 5.75 Å². The summed E-state index contributed by atoms with van der Waals surface area (Å²) in [5.41, 5.74) is 0. The van der Waals surface area contributed by atoms with Gasteiger partial charge in [0.15, 0.2) is 0 Å². The van der Waals surface area contributed by atoms with Gasteiger partial charge in [0.1, 0.15) is 12.2 Å². The molecule has 0 fully saturated rings. The summed E-state index contributed by atoms with van der Waals surface area (Å²) in [5, 5.41) is 9.29. The van der Waals surface area contributed by atoms with E-state index in [1.807, 2.05) is 16.9 Å². The lowest BCUT2D eigenvalue weighted by Crippen LogP contribution is -2.09. The van der Waals surface area contributed by atoms with Crippen LogP contribution in [0.2, 0.25) is 0 Å². The molecule has 0 aromatic carbocycles. The second-order valence-electron chi connectivity index (χ2n) is 4.80. The van der Waals surface area contributed by atoms with Crippen molar-refractivity contribution in [3.8, 4) is 0 Å². The third-order valence-electron chi connectivity index (χ3n) is 2.66. The van der Waals surface area contributed by atoms with Gasteiger partial charge in [-0.15, -0.1) is 5.10 Å². The zero-order valence-corrected chi connectivity index (χ0v) is 12.2. The number of hydrogen-bond acceptors (Lipinski definition) is 6. The van der Waals surface area contributed by atoms with Crippen LogP contribution in [0, 0.1) is 5.92 Å². The molecule has 3 aromatic heterocycles. The molecule has 8 heteroatoms. The first kappa shape index (κ1) is 13.0. The van der Waals surface area contributed by atoms with E-state index in [9.17, 15) is 0 Å². The maximum absolute atomic E-state index is 4.35. The summed E-state index contributed by atoms with van der Waals surface area (Å²) in [6.07, 6.45) is 5.13. The molecule has 0 aliphatic heterocycles. The van der Waals surface area contributed by atoms with Gasteiger partial charge < -0.3 is 0 Å². The van der Waals surface area contributed by atoms with Gasteiger partial charge in [-0.1, -0.05) is 25.6 Å². The van der Waals surface area contributed by atoms with Crippen molar-refractivity contribution in [1.82, 2.24) is 34.3 Å². The van der Waals surface area contributed by atoms with Crippen molar-refractivity contribution in [2.45, 2.75) is 31.3 Å². The molecular formula is C12H15N7S. The summed E-state index contributed by atoms with van der Waals surface area (Å²) >= 11 is 1.54. The van der Waals surface area contributed by atoms with Crippen molar-refractivity contribution in [2.75, 3.05) is 0 Å². The lowest BCUT2D eigenvalue weighted by atomic mass is 10.2. The van der Waals surface area contributed by atoms with Crippen LogP contribution in [0.15, 0.2) is 29.9 Å². The number of aromatic nitrogens is 7. The topological polar surface area (TPSA) is 73.8 Å². The first-order valence-electron chi connectivity index (χ1n) is 6.39. The third-order valence-corrected chi connectivity index (χ3v) is 3.50. The average Bonchev–Trinajstić information content (AvgIpc) is 3.01. The lowest BCUT2D eigenvalue weighted by Gasteiger charge is -2.07. The Labute approximate surface area is 120 Å². The minimum atomic E-state index is 0.540. The maximum atomic E-state index is 4.35. The average molecular weight is 289 g/mol. The molecule has 3 aromatic rings. The number of hydrogen-bond donors (Lipinski definition) is 0. The number of fused-ring (bicyclic) bond motifs is 1. The zero-order chi connectivity index (χ0) is 13.9. The first-order chi connectivity index (χ1) is 9.72. The SMILES string of the molecule is CC(C)Cn1ncnc1CSc1nc2ncccn2n1. The number of nitrogens with zero attached hydrogens (tertiary/aromatic N) is 7. The molecule has 0 radical (unpaired) electrons. The Balaban J connectivity index is 1.71. The van der Waals surface area contributed by atoms with Crippen LogP contribution in [0.1, 0.15) is 19.7 Å². The van der Waals surface area contributed by atoms with Gasteiger partial charge in [0.25, 0.3) is 5.78 Å². The normalized spacial score (nSPS) is 11.6. The molecule has 7 nitrogen and oxygen atoms in total. The molecule has 0 aliphatic rings. The summed E-state index contributed by atoms with van der Waals surface area (Å²) in [6, 6.07) is 1.83. The molecular weight excluding hydrogens is 274 g/mol. The van der Waals surface area contributed by atoms with Crippen LogP contribution >= 0.6 is 11.8 Å². The summed E-state index contributed by atoms with van der Waals surface area (Å²) in [6.45, 7) is 5.19. The van der Waals surface area contributed by atoms with Gasteiger partial charge in [-0.3, -0.25) is 0 Å². The molecule has 0 aliphatic carbocycles. The fourth-order valence-corrected chi connectivity index (χ4v) is 2.58. The second kappa shape index (κ2) is 5.58. The molecule has 3 heterocycles. The zero-order valence-electron chi connectivity index (χ0n) is 11.3. The Hall–Kier alpha value is -1.96. The van der Waals surface area contributed by atoms with Crippen LogP contribution in [0.5, 0.6) is 0 Å². The predicted molar refractivity (Wildman–Crippen MR) is 75.2 cm³/mol. The second-order valence-corrected chi connectivity index (χ2v) is 5.74. The van der Waals surface area contributed by atoms with E-state index < -0.39 is 0 Å². The predicted octanol–water partition coefficient (Wildman–Crippen LogP) is 1.66. The largest absolute Gasteiger partial charge is 0.253 e. The molecule has 0 amide bonds. The number of thioether (sulfide) groups is 1. The Kier molecular flexibility index (Phi) is 3.64. The molecule has 0 bridgehead atoms. The molecule has 0 spiro atoms. The summed E-state index contributed by atoms with van der Waals surface area (Å²) in [7, 11) is 0. The Morgan fingerprint density at radius 2 is 2.20 bits per heavy atom. The first-order valence-corrected chi connectivity index (χ1v) is 7.38. The van der Waals surface area contributed by atoms with E-state index >= 15 is 0 Å². The Bertz CT molecular complexity index is 669. The molecule has 3 rings (SSSR count). The van der Waals surface area contributed by atoms with E-state index in [2.05, 4.69) is 39.0 Å². The fourth-order valence-electron chi connectivity index (χ4n) is 1.80. The van der Waals surface area contributed by atoms with Crippen LogP contribution < -0.4 is 0 Å². The molecule has 0 atom stereocenters. The van der Waals surface area contributed by atoms with Crippen LogP contribution in [0.25, 0.3) is 5.78 Å². The van der Waals surface area contributed by atoms with Gasteiger partial charge in [0.2, 0.25) is 5.16 Å².